The van der Waals surface area contributed by atoms with E-state index in [2.05, 4.69) is 214 Å². The SMILES string of the molecule is COc1cc(C)c2c(c1)-c1cccc[n+]1CO2.Cc1cc(-c2ccccc2)cc2c1OC[n+]1ccccc1-2.Cc1cc(C)c2c(c1)-c1cccc[n+]1CO2.Cc1cccc2c1OC[n+]1ccccc1-2.c1c[nH]c(-c2cccc3c2OC[n+]2ccccc2-3)c1. The highest BCUT2D eigenvalue weighted by Crippen LogP contribution is 2.42. The number of benzene rings is 6. The molecule has 1 N–H and O–H groups in total. The minimum Gasteiger partial charge on any atom is -0.497 e. The summed E-state index contributed by atoms with van der Waals surface area (Å²) < 4.78 is 45.1. The van der Waals surface area contributed by atoms with Gasteiger partial charge in [0, 0.05) is 78.1 Å². The maximum atomic E-state index is 5.95. The monoisotopic (exact) mass is 1160 g/mol. The van der Waals surface area contributed by atoms with Gasteiger partial charge in [-0.2, -0.15) is 22.8 Å². The highest BCUT2D eigenvalue weighted by Gasteiger charge is 2.30. The number of nitrogens with zero attached hydrogens (tertiary/aromatic N) is 5. The largest absolute Gasteiger partial charge is 0.497 e. The molecule has 0 fully saturated rings. The molecule has 12 heteroatoms. The number of hydrogen-bond acceptors (Lipinski definition) is 6. The van der Waals surface area contributed by atoms with E-state index in [-0.39, 0.29) is 0 Å². The molecular weight excluding hydrogens is 1090 g/mol. The van der Waals surface area contributed by atoms with E-state index in [0.717, 1.165) is 68.1 Å². The van der Waals surface area contributed by atoms with Crippen LogP contribution in [-0.2, 0) is 33.7 Å². The van der Waals surface area contributed by atoms with E-state index in [0.29, 0.717) is 33.7 Å². The molecular formula is C76H69N6O6+5. The average Bonchev–Trinajstić information content (AvgIpc) is 1.73. The molecule has 0 saturated heterocycles. The van der Waals surface area contributed by atoms with Crippen LogP contribution in [-0.4, -0.2) is 12.1 Å². The normalized spacial score (nSPS) is 12.4. The van der Waals surface area contributed by atoms with Crippen LogP contribution in [0.15, 0.2) is 243 Å². The fourth-order valence-electron chi connectivity index (χ4n) is 12.0. The first kappa shape index (κ1) is 56.3. The van der Waals surface area contributed by atoms with Crippen LogP contribution in [0.1, 0.15) is 27.8 Å². The molecule has 0 spiro atoms. The first-order valence-corrected chi connectivity index (χ1v) is 29.6. The lowest BCUT2D eigenvalue weighted by molar-refractivity contribution is -0.717. The van der Waals surface area contributed by atoms with Crippen molar-refractivity contribution in [1.29, 1.82) is 0 Å². The summed E-state index contributed by atoms with van der Waals surface area (Å²) in [4.78, 5) is 3.24. The Hall–Kier alpha value is -10.9. The van der Waals surface area contributed by atoms with Gasteiger partial charge in [-0.3, -0.25) is 0 Å². The van der Waals surface area contributed by atoms with Crippen LogP contribution in [0.2, 0.25) is 0 Å². The first-order chi connectivity index (χ1) is 43.2. The van der Waals surface area contributed by atoms with E-state index in [4.69, 9.17) is 28.4 Å². The third kappa shape index (κ3) is 11.4. The van der Waals surface area contributed by atoms with Crippen molar-refractivity contribution in [2.45, 2.75) is 68.3 Å². The number of methoxy groups -OCH3 is 1. The topological polar surface area (TPSA) is 90.6 Å². The molecule has 17 rings (SSSR count). The molecule has 0 bridgehead atoms. The predicted molar refractivity (Wildman–Crippen MR) is 339 cm³/mol. The molecule has 0 amide bonds. The van der Waals surface area contributed by atoms with Crippen LogP contribution in [0.25, 0.3) is 78.7 Å². The molecule has 5 aliphatic rings. The second-order valence-corrected chi connectivity index (χ2v) is 22.2. The Kier molecular flexibility index (Phi) is 16.0. The molecule has 12 nitrogen and oxygen atoms in total. The molecule has 12 aromatic rings. The fourth-order valence-corrected chi connectivity index (χ4v) is 12.0. The van der Waals surface area contributed by atoms with Gasteiger partial charge in [0.05, 0.1) is 34.9 Å². The Morgan fingerprint density at radius 2 is 0.727 bits per heavy atom. The summed E-state index contributed by atoms with van der Waals surface area (Å²) in [6.45, 7) is 13.4. The molecule has 6 aromatic heterocycles. The van der Waals surface area contributed by atoms with Gasteiger partial charge in [0.1, 0.15) is 34.5 Å². The summed E-state index contributed by atoms with van der Waals surface area (Å²) >= 11 is 0. The molecule has 88 heavy (non-hydrogen) atoms. The van der Waals surface area contributed by atoms with Crippen molar-refractivity contribution in [2.24, 2.45) is 0 Å². The summed E-state index contributed by atoms with van der Waals surface area (Å²) in [7, 11) is 1.68. The number of pyridine rings is 5. The lowest BCUT2D eigenvalue weighted by Crippen LogP contribution is -2.41. The third-order valence-corrected chi connectivity index (χ3v) is 16.2. The second-order valence-electron chi connectivity index (χ2n) is 22.2. The molecule has 0 radical (unpaired) electrons. The molecule has 0 aliphatic carbocycles. The van der Waals surface area contributed by atoms with Crippen molar-refractivity contribution < 1.29 is 51.3 Å². The number of aromatic amines is 1. The molecule has 0 atom stereocenters. The van der Waals surface area contributed by atoms with Crippen LogP contribution in [0, 0.1) is 34.6 Å². The number of nitrogens with one attached hydrogen (secondary N) is 1. The zero-order valence-electron chi connectivity index (χ0n) is 50.3. The van der Waals surface area contributed by atoms with Crippen molar-refractivity contribution in [1.82, 2.24) is 4.98 Å². The van der Waals surface area contributed by atoms with E-state index in [1.165, 1.54) is 72.8 Å². The first-order valence-electron chi connectivity index (χ1n) is 29.6. The van der Waals surface area contributed by atoms with Crippen LogP contribution < -0.4 is 51.3 Å². The minimum atomic E-state index is 0.556. The van der Waals surface area contributed by atoms with E-state index in [9.17, 15) is 0 Å². The third-order valence-electron chi connectivity index (χ3n) is 16.2. The molecule has 0 saturated carbocycles. The van der Waals surface area contributed by atoms with Crippen molar-refractivity contribution >= 4 is 0 Å². The smallest absolute Gasteiger partial charge is 0.292 e. The molecule has 6 aromatic carbocycles. The van der Waals surface area contributed by atoms with Crippen LogP contribution in [0.3, 0.4) is 0 Å². The van der Waals surface area contributed by atoms with Crippen molar-refractivity contribution in [2.75, 3.05) is 7.11 Å². The van der Waals surface area contributed by atoms with Crippen molar-refractivity contribution in [3.8, 4) is 113 Å². The van der Waals surface area contributed by atoms with Crippen LogP contribution in [0.5, 0.6) is 34.5 Å². The summed E-state index contributed by atoms with van der Waals surface area (Å²) in [5, 5.41) is 0. The van der Waals surface area contributed by atoms with Gasteiger partial charge in [0.15, 0.2) is 31.0 Å². The summed E-state index contributed by atoms with van der Waals surface area (Å²) in [6.07, 6.45) is 12.1. The molecule has 5 aliphatic heterocycles. The van der Waals surface area contributed by atoms with Crippen LogP contribution >= 0.6 is 0 Å². The molecule has 434 valence electrons. The van der Waals surface area contributed by atoms with Gasteiger partial charge >= 0.3 is 0 Å². The summed E-state index contributed by atoms with van der Waals surface area (Å²) in [6, 6.07) is 70.9. The Morgan fingerprint density at radius 1 is 0.318 bits per heavy atom. The standard InChI is InChI=1S/C19H16NO.C16H13N2O.C14H14NO2.C14H14NO.C13H12NO/c1-14-11-16(15-7-3-2-4-8-15)12-17-18-9-5-6-10-20(18)13-21-19(14)17;1-2-10-18-11-19-16-12(14-7-4-9-17-14)5-3-6-13(16)15(18)8-1;1-10-7-11(16-2)8-12-13-5-3-4-6-15(13)9-17-14(10)12;1-10-7-11(2)14-12(8-10)13-5-3-4-6-15(13)9-16-14;1-10-5-4-6-11-12-7-2-3-8-14(12)9-15-13(10)11/h2-12H,13H2,1H3;1-10,17H,11H2;3-8H,9H2,1-2H3;3-8H,9H2,1-2H3;2-8H,9H2,1H3/q5*+1. The number of aryl methyl sites for hydroxylation is 5. The Morgan fingerprint density at radius 3 is 1.23 bits per heavy atom. The van der Waals surface area contributed by atoms with Gasteiger partial charge in [-0.25, -0.2) is 0 Å². The number of para-hydroxylation sites is 2. The van der Waals surface area contributed by atoms with Gasteiger partial charge < -0.3 is 33.4 Å². The minimum absolute atomic E-state index is 0.556. The fraction of sp³-hybridized carbons (Fsp3) is 0.145. The maximum Gasteiger partial charge on any atom is 0.292 e. The van der Waals surface area contributed by atoms with Gasteiger partial charge in [-0.05, 0) is 165 Å². The van der Waals surface area contributed by atoms with E-state index in [1.54, 1.807) is 7.11 Å². The number of fused-ring (bicyclic) bond motifs is 15. The van der Waals surface area contributed by atoms with E-state index < -0.39 is 0 Å². The molecule has 0 unspecified atom stereocenters. The predicted octanol–water partition coefficient (Wildman–Crippen LogP) is 14.2. The summed E-state index contributed by atoms with van der Waals surface area (Å²) in [5.74, 6) is 5.82. The zero-order chi connectivity index (χ0) is 60.1. The van der Waals surface area contributed by atoms with E-state index in [1.807, 2.05) is 92.4 Å². The van der Waals surface area contributed by atoms with Crippen molar-refractivity contribution in [3.63, 3.8) is 0 Å². The van der Waals surface area contributed by atoms with E-state index >= 15 is 0 Å². The average molecular weight is 1160 g/mol. The highest BCUT2D eigenvalue weighted by atomic mass is 16.5. The quantitative estimate of drug-likeness (QED) is 0.177. The Balaban J connectivity index is 0.000000102. The lowest BCUT2D eigenvalue weighted by Gasteiger charge is -2.18. The number of H-pyrrole nitrogens is 1. The zero-order valence-corrected chi connectivity index (χ0v) is 50.3. The van der Waals surface area contributed by atoms with Gasteiger partial charge in [-0.15, -0.1) is 0 Å². The van der Waals surface area contributed by atoms with Crippen LogP contribution in [0.4, 0.5) is 0 Å². The summed E-state index contributed by atoms with van der Waals surface area (Å²) in [5.41, 5.74) is 22.4. The number of rotatable bonds is 3. The van der Waals surface area contributed by atoms with Gasteiger partial charge in [-0.1, -0.05) is 54.6 Å². The maximum absolute atomic E-state index is 5.95. The Bertz CT molecular complexity index is 4530. The molecule has 11 heterocycles. The number of aromatic nitrogens is 6. The Labute approximate surface area is 513 Å². The number of hydrogen-bond donors (Lipinski definition) is 1. The lowest BCUT2D eigenvalue weighted by atomic mass is 9.97. The van der Waals surface area contributed by atoms with Crippen molar-refractivity contribution in [3.05, 3.63) is 271 Å². The second kappa shape index (κ2) is 25.0. The van der Waals surface area contributed by atoms with Gasteiger partial charge in [0.25, 0.3) is 33.7 Å². The number of ether oxygens (including phenoxy) is 6. The van der Waals surface area contributed by atoms with Gasteiger partial charge in [0.2, 0.25) is 28.5 Å². The highest BCUT2D eigenvalue weighted by molar-refractivity contribution is 5.80.